The summed E-state index contributed by atoms with van der Waals surface area (Å²) in [7, 11) is 0. The van der Waals surface area contributed by atoms with Gasteiger partial charge in [-0.15, -0.1) is 0 Å². The van der Waals surface area contributed by atoms with Crippen molar-refractivity contribution in [1.29, 1.82) is 0 Å². The first-order valence-electron chi connectivity index (χ1n) is 10.9. The van der Waals surface area contributed by atoms with Crippen LogP contribution in [0.3, 0.4) is 0 Å². The van der Waals surface area contributed by atoms with Gasteiger partial charge in [-0.05, 0) is 43.9 Å². The van der Waals surface area contributed by atoms with E-state index in [1.807, 2.05) is 26.0 Å². The van der Waals surface area contributed by atoms with E-state index in [9.17, 15) is 14.4 Å². The van der Waals surface area contributed by atoms with E-state index in [4.69, 9.17) is 0 Å². The number of rotatable bonds is 6. The quantitative estimate of drug-likeness (QED) is 0.622. The minimum atomic E-state index is -0.362. The molecule has 0 saturated heterocycles. The summed E-state index contributed by atoms with van der Waals surface area (Å²) >= 11 is 0. The van der Waals surface area contributed by atoms with E-state index in [2.05, 4.69) is 10.3 Å². The van der Waals surface area contributed by atoms with Crippen LogP contribution in [0, 0.1) is 6.92 Å². The lowest BCUT2D eigenvalue weighted by molar-refractivity contribution is -0.122. The van der Waals surface area contributed by atoms with E-state index in [0.717, 1.165) is 43.4 Å². The number of fused-ring (bicyclic) bond motifs is 1. The molecule has 0 aliphatic heterocycles. The maximum atomic E-state index is 13.2. The van der Waals surface area contributed by atoms with E-state index >= 15 is 0 Å². The Morgan fingerprint density at radius 3 is 2.48 bits per heavy atom. The van der Waals surface area contributed by atoms with Gasteiger partial charge in [-0.25, -0.2) is 4.98 Å². The fourth-order valence-corrected chi connectivity index (χ4v) is 4.19. The molecule has 1 aliphatic carbocycles. The van der Waals surface area contributed by atoms with Gasteiger partial charge in [0.15, 0.2) is 5.78 Å². The number of carbonyl (C=O) groups excluding carboxylic acids is 2. The van der Waals surface area contributed by atoms with Gasteiger partial charge >= 0.3 is 0 Å². The van der Waals surface area contributed by atoms with Crippen molar-refractivity contribution in [1.82, 2.24) is 14.9 Å². The molecule has 31 heavy (non-hydrogen) atoms. The summed E-state index contributed by atoms with van der Waals surface area (Å²) in [5, 5.41) is 3.41. The number of pyridine rings is 2. The van der Waals surface area contributed by atoms with Crippen LogP contribution in [0.25, 0.3) is 11.0 Å². The standard InChI is InChI=1S/C25H27N3O3/c1-3-17-9-11-18(12-10-17)23(30)21-14-28(15-22(29)27-19-6-4-5-7-19)25-20(24(21)31)13-8-16(2)26-25/h8-14,19H,3-7,15H2,1-2H3,(H,27,29). The van der Waals surface area contributed by atoms with Crippen molar-refractivity contribution in [3.63, 3.8) is 0 Å². The van der Waals surface area contributed by atoms with Gasteiger partial charge in [0, 0.05) is 23.5 Å². The Kier molecular flexibility index (Phi) is 5.98. The highest BCUT2D eigenvalue weighted by molar-refractivity contribution is 6.10. The summed E-state index contributed by atoms with van der Waals surface area (Å²) in [6.07, 6.45) is 6.60. The Bertz CT molecular complexity index is 1190. The largest absolute Gasteiger partial charge is 0.352 e. The average molecular weight is 418 g/mol. The van der Waals surface area contributed by atoms with Crippen molar-refractivity contribution >= 4 is 22.7 Å². The van der Waals surface area contributed by atoms with E-state index < -0.39 is 0 Å². The SMILES string of the molecule is CCc1ccc(C(=O)c2cn(CC(=O)NC3CCCC3)c3nc(C)ccc3c2=O)cc1. The minimum Gasteiger partial charge on any atom is -0.352 e. The first kappa shape index (κ1) is 21.0. The van der Waals surface area contributed by atoms with Gasteiger partial charge in [0.1, 0.15) is 12.2 Å². The van der Waals surface area contributed by atoms with Gasteiger partial charge in [-0.3, -0.25) is 14.4 Å². The second-order valence-electron chi connectivity index (χ2n) is 8.25. The Morgan fingerprint density at radius 2 is 1.81 bits per heavy atom. The molecular formula is C25H27N3O3. The summed E-state index contributed by atoms with van der Waals surface area (Å²) in [4.78, 5) is 43.4. The second-order valence-corrected chi connectivity index (χ2v) is 8.25. The Labute approximate surface area is 181 Å². The molecule has 1 aromatic carbocycles. The normalized spacial score (nSPS) is 14.1. The molecule has 160 valence electrons. The summed E-state index contributed by atoms with van der Waals surface area (Å²) in [6.45, 7) is 3.89. The fraction of sp³-hybridized carbons (Fsp3) is 0.360. The summed E-state index contributed by atoms with van der Waals surface area (Å²) in [5.41, 5.74) is 2.43. The zero-order valence-electron chi connectivity index (χ0n) is 18.0. The molecule has 0 bridgehead atoms. The molecule has 1 N–H and O–H groups in total. The van der Waals surface area contributed by atoms with Crippen molar-refractivity contribution in [3.05, 3.63) is 75.2 Å². The molecular weight excluding hydrogens is 390 g/mol. The van der Waals surface area contributed by atoms with Crippen LogP contribution in [0.15, 0.2) is 47.4 Å². The van der Waals surface area contributed by atoms with E-state index in [0.29, 0.717) is 16.6 Å². The number of amides is 1. The van der Waals surface area contributed by atoms with Crippen LogP contribution in [0.2, 0.25) is 0 Å². The third kappa shape index (κ3) is 4.43. The minimum absolute atomic E-state index is 0.0127. The second kappa shape index (κ2) is 8.84. The number of hydrogen-bond acceptors (Lipinski definition) is 4. The molecule has 6 heteroatoms. The van der Waals surface area contributed by atoms with Crippen LogP contribution in [-0.2, 0) is 17.8 Å². The van der Waals surface area contributed by atoms with Crippen molar-refractivity contribution in [2.45, 2.75) is 58.5 Å². The molecule has 2 heterocycles. The maximum absolute atomic E-state index is 13.2. The highest BCUT2D eigenvalue weighted by Gasteiger charge is 2.21. The van der Waals surface area contributed by atoms with Gasteiger partial charge < -0.3 is 9.88 Å². The molecule has 1 aliphatic rings. The lowest BCUT2D eigenvalue weighted by atomic mass is 10.0. The Morgan fingerprint density at radius 1 is 1.10 bits per heavy atom. The highest BCUT2D eigenvalue weighted by Crippen LogP contribution is 2.18. The Balaban J connectivity index is 1.74. The molecule has 1 amide bonds. The fourth-order valence-electron chi connectivity index (χ4n) is 4.19. The van der Waals surface area contributed by atoms with Crippen LogP contribution < -0.4 is 10.7 Å². The first-order chi connectivity index (χ1) is 15.0. The molecule has 0 atom stereocenters. The van der Waals surface area contributed by atoms with E-state index in [1.54, 1.807) is 28.8 Å². The van der Waals surface area contributed by atoms with Gasteiger partial charge in [-0.1, -0.05) is 44.0 Å². The molecule has 0 spiro atoms. The third-order valence-corrected chi connectivity index (χ3v) is 5.96. The number of aryl methyl sites for hydroxylation is 2. The number of aromatic nitrogens is 2. The lowest BCUT2D eigenvalue weighted by Gasteiger charge is -2.15. The highest BCUT2D eigenvalue weighted by atomic mass is 16.2. The molecule has 0 radical (unpaired) electrons. The zero-order chi connectivity index (χ0) is 22.0. The summed E-state index contributed by atoms with van der Waals surface area (Å²) in [5.74, 6) is -0.481. The topological polar surface area (TPSA) is 81.1 Å². The van der Waals surface area contributed by atoms with Crippen molar-refractivity contribution in [2.75, 3.05) is 0 Å². The third-order valence-electron chi connectivity index (χ3n) is 5.96. The smallest absolute Gasteiger partial charge is 0.240 e. The number of hydrogen-bond donors (Lipinski definition) is 1. The number of nitrogens with zero attached hydrogens (tertiary/aromatic N) is 2. The lowest BCUT2D eigenvalue weighted by Crippen LogP contribution is -2.35. The number of nitrogens with one attached hydrogen (secondary N) is 1. The van der Waals surface area contributed by atoms with Gasteiger partial charge in [0.05, 0.1) is 10.9 Å². The van der Waals surface area contributed by atoms with Crippen LogP contribution in [-0.4, -0.2) is 27.3 Å². The zero-order valence-corrected chi connectivity index (χ0v) is 18.0. The molecule has 4 rings (SSSR count). The molecule has 2 aromatic heterocycles. The van der Waals surface area contributed by atoms with Gasteiger partial charge in [-0.2, -0.15) is 0 Å². The van der Waals surface area contributed by atoms with Crippen LogP contribution in [0.5, 0.6) is 0 Å². The van der Waals surface area contributed by atoms with Crippen molar-refractivity contribution < 1.29 is 9.59 Å². The summed E-state index contributed by atoms with van der Waals surface area (Å²) in [6, 6.07) is 10.9. The van der Waals surface area contributed by atoms with Crippen molar-refractivity contribution in [2.24, 2.45) is 0 Å². The van der Waals surface area contributed by atoms with E-state index in [1.165, 1.54) is 6.20 Å². The predicted octanol–water partition coefficient (Wildman–Crippen LogP) is 3.56. The molecule has 1 fully saturated rings. The van der Waals surface area contributed by atoms with E-state index in [-0.39, 0.29) is 35.3 Å². The van der Waals surface area contributed by atoms with Gasteiger partial charge in [0.2, 0.25) is 11.3 Å². The number of benzene rings is 1. The molecule has 6 nitrogen and oxygen atoms in total. The predicted molar refractivity (Wildman–Crippen MR) is 120 cm³/mol. The van der Waals surface area contributed by atoms with Crippen LogP contribution >= 0.6 is 0 Å². The van der Waals surface area contributed by atoms with Crippen LogP contribution in [0.1, 0.15) is 59.8 Å². The molecule has 0 unspecified atom stereocenters. The maximum Gasteiger partial charge on any atom is 0.240 e. The monoisotopic (exact) mass is 417 g/mol. The molecule has 1 saturated carbocycles. The number of carbonyl (C=O) groups is 2. The summed E-state index contributed by atoms with van der Waals surface area (Å²) < 4.78 is 1.63. The number of ketones is 1. The first-order valence-corrected chi connectivity index (χ1v) is 10.9. The van der Waals surface area contributed by atoms with Crippen molar-refractivity contribution in [3.8, 4) is 0 Å². The van der Waals surface area contributed by atoms with Gasteiger partial charge in [0.25, 0.3) is 0 Å². The Hall–Kier alpha value is -3.28. The average Bonchev–Trinajstić information content (AvgIpc) is 3.28. The van der Waals surface area contributed by atoms with Crippen LogP contribution in [0.4, 0.5) is 0 Å². The molecule has 3 aromatic rings.